The number of benzene rings is 3. The molecular weight excluding hydrogens is 353 g/mol. The van der Waals surface area contributed by atoms with E-state index in [2.05, 4.69) is 25.7 Å². The zero-order valence-electron chi connectivity index (χ0n) is 14.8. The van der Waals surface area contributed by atoms with Gasteiger partial charge in [0, 0.05) is 11.1 Å². The van der Waals surface area contributed by atoms with Crippen molar-refractivity contribution in [3.05, 3.63) is 96.3 Å². The number of hydrogen-bond donors (Lipinski definition) is 1. The lowest BCUT2D eigenvalue weighted by molar-refractivity contribution is 0.628. The van der Waals surface area contributed by atoms with E-state index in [1.165, 1.54) is 12.1 Å². The van der Waals surface area contributed by atoms with Crippen LogP contribution in [0.15, 0.2) is 90.0 Å². The van der Waals surface area contributed by atoms with Crippen molar-refractivity contribution in [2.75, 3.05) is 5.43 Å². The molecule has 0 fully saturated rings. The van der Waals surface area contributed by atoms with E-state index < -0.39 is 0 Å². The number of anilines is 1. The number of nitrogens with one attached hydrogen (secondary N) is 1. The predicted octanol–water partition coefficient (Wildman–Crippen LogP) is 4.79. The van der Waals surface area contributed by atoms with Gasteiger partial charge in [0.15, 0.2) is 0 Å². The molecule has 0 saturated heterocycles. The summed E-state index contributed by atoms with van der Waals surface area (Å²) in [7, 11) is 0. The Balaban J connectivity index is 1.65. The highest BCUT2D eigenvalue weighted by molar-refractivity contribution is 5.80. The van der Waals surface area contributed by atoms with Gasteiger partial charge in [0.2, 0.25) is 0 Å². The van der Waals surface area contributed by atoms with Crippen molar-refractivity contribution in [1.82, 2.24) is 15.2 Å². The first-order valence-electron chi connectivity index (χ1n) is 8.70. The maximum Gasteiger partial charge on any atom is 0.263 e. The fourth-order valence-corrected chi connectivity index (χ4v) is 2.67. The van der Waals surface area contributed by atoms with E-state index in [0.717, 1.165) is 16.7 Å². The van der Waals surface area contributed by atoms with Gasteiger partial charge in [0.05, 0.1) is 6.21 Å². The number of nitrogens with zero attached hydrogens (tertiary/aromatic N) is 4. The Kier molecular flexibility index (Phi) is 5.11. The summed E-state index contributed by atoms with van der Waals surface area (Å²) in [5, 5.41) is 12.6. The van der Waals surface area contributed by atoms with Gasteiger partial charge in [-0.15, -0.1) is 10.2 Å². The quantitative estimate of drug-likeness (QED) is 0.406. The lowest BCUT2D eigenvalue weighted by Crippen LogP contribution is -2.03. The minimum atomic E-state index is -0.290. The molecule has 4 aromatic rings. The third-order valence-electron chi connectivity index (χ3n) is 4.03. The Morgan fingerprint density at radius 2 is 1.32 bits per heavy atom. The van der Waals surface area contributed by atoms with Crippen LogP contribution >= 0.6 is 0 Å². The van der Waals surface area contributed by atoms with E-state index in [-0.39, 0.29) is 11.8 Å². The van der Waals surface area contributed by atoms with Crippen molar-refractivity contribution >= 4 is 12.2 Å². The lowest BCUT2D eigenvalue weighted by Gasteiger charge is -2.09. The Morgan fingerprint density at radius 1 is 0.714 bits per heavy atom. The highest BCUT2D eigenvalue weighted by atomic mass is 19.1. The van der Waals surface area contributed by atoms with Gasteiger partial charge in [-0.25, -0.2) is 14.8 Å². The summed E-state index contributed by atoms with van der Waals surface area (Å²) < 4.78 is 13.0. The number of hydrazone groups is 1. The molecule has 28 heavy (non-hydrogen) atoms. The molecule has 0 bridgehead atoms. The lowest BCUT2D eigenvalue weighted by atomic mass is 10.0. The molecule has 3 aromatic carbocycles. The van der Waals surface area contributed by atoms with Gasteiger partial charge in [0.25, 0.3) is 5.95 Å². The van der Waals surface area contributed by atoms with Crippen LogP contribution in [0, 0.1) is 5.82 Å². The Bertz CT molecular complexity index is 1080. The van der Waals surface area contributed by atoms with Gasteiger partial charge in [-0.05, 0) is 17.7 Å². The average Bonchev–Trinajstić information content (AvgIpc) is 2.76. The van der Waals surface area contributed by atoms with Gasteiger partial charge in [-0.1, -0.05) is 72.8 Å². The topological polar surface area (TPSA) is 63.1 Å². The third kappa shape index (κ3) is 4.07. The largest absolute Gasteiger partial charge is 0.263 e. The Hall–Kier alpha value is -3.93. The molecule has 0 aliphatic rings. The molecular formula is C22H16FN5. The van der Waals surface area contributed by atoms with Gasteiger partial charge < -0.3 is 0 Å². The smallest absolute Gasteiger partial charge is 0.244 e. The van der Waals surface area contributed by atoms with Crippen LogP contribution in [0.2, 0.25) is 0 Å². The molecule has 1 heterocycles. The van der Waals surface area contributed by atoms with E-state index in [4.69, 9.17) is 0 Å². The molecule has 0 unspecified atom stereocenters. The monoisotopic (exact) mass is 369 g/mol. The van der Waals surface area contributed by atoms with E-state index in [0.29, 0.717) is 11.4 Å². The number of hydrogen-bond acceptors (Lipinski definition) is 5. The average molecular weight is 369 g/mol. The molecule has 136 valence electrons. The maximum absolute atomic E-state index is 13.0. The summed E-state index contributed by atoms with van der Waals surface area (Å²) in [5.74, 6) is -0.0152. The standard InChI is InChI=1S/C22H16FN5/c23-19-13-11-16(12-14-19)15-24-27-22-25-20(17-7-3-1-4-8-17)21(26-28-22)18-9-5-2-6-10-18/h1-15H,(H,25,27,28)/b24-15+. The van der Waals surface area contributed by atoms with Crippen LogP contribution in [0.5, 0.6) is 0 Å². The summed E-state index contributed by atoms with van der Waals surface area (Å²) >= 11 is 0. The summed E-state index contributed by atoms with van der Waals surface area (Å²) in [6.07, 6.45) is 1.57. The highest BCUT2D eigenvalue weighted by Crippen LogP contribution is 2.28. The van der Waals surface area contributed by atoms with E-state index in [1.54, 1.807) is 18.3 Å². The second-order valence-electron chi connectivity index (χ2n) is 5.99. The second-order valence-corrected chi connectivity index (χ2v) is 5.99. The van der Waals surface area contributed by atoms with Crippen LogP contribution in [0.1, 0.15) is 5.56 Å². The zero-order valence-corrected chi connectivity index (χ0v) is 14.8. The SMILES string of the molecule is Fc1ccc(/C=N/Nc2nnc(-c3ccccc3)c(-c3ccccc3)n2)cc1. The van der Waals surface area contributed by atoms with Crippen LogP contribution in [0.4, 0.5) is 10.3 Å². The van der Waals surface area contributed by atoms with Crippen molar-refractivity contribution in [2.24, 2.45) is 5.10 Å². The Morgan fingerprint density at radius 3 is 1.96 bits per heavy atom. The molecule has 1 aromatic heterocycles. The molecule has 0 aliphatic heterocycles. The zero-order chi connectivity index (χ0) is 19.2. The van der Waals surface area contributed by atoms with Crippen LogP contribution in [-0.4, -0.2) is 21.4 Å². The molecule has 0 spiro atoms. The van der Waals surface area contributed by atoms with Crippen LogP contribution in [-0.2, 0) is 0 Å². The van der Waals surface area contributed by atoms with Crippen LogP contribution < -0.4 is 5.43 Å². The minimum absolute atomic E-state index is 0.275. The van der Waals surface area contributed by atoms with Crippen molar-refractivity contribution in [3.8, 4) is 22.5 Å². The minimum Gasteiger partial charge on any atom is -0.244 e. The predicted molar refractivity (Wildman–Crippen MR) is 108 cm³/mol. The molecule has 6 heteroatoms. The van der Waals surface area contributed by atoms with E-state index >= 15 is 0 Å². The van der Waals surface area contributed by atoms with Crippen molar-refractivity contribution in [1.29, 1.82) is 0 Å². The molecule has 5 nitrogen and oxygen atoms in total. The van der Waals surface area contributed by atoms with Crippen LogP contribution in [0.25, 0.3) is 22.5 Å². The maximum atomic E-state index is 13.0. The summed E-state index contributed by atoms with van der Waals surface area (Å²) in [4.78, 5) is 4.61. The van der Waals surface area contributed by atoms with Crippen LogP contribution in [0.3, 0.4) is 0 Å². The number of aromatic nitrogens is 3. The van der Waals surface area contributed by atoms with Crippen molar-refractivity contribution < 1.29 is 4.39 Å². The fourth-order valence-electron chi connectivity index (χ4n) is 2.67. The fraction of sp³-hybridized carbons (Fsp3) is 0. The van der Waals surface area contributed by atoms with Gasteiger partial charge in [-0.2, -0.15) is 5.10 Å². The molecule has 0 radical (unpaired) electrons. The van der Waals surface area contributed by atoms with Crippen molar-refractivity contribution in [2.45, 2.75) is 0 Å². The van der Waals surface area contributed by atoms with Gasteiger partial charge >= 0.3 is 0 Å². The molecule has 4 rings (SSSR count). The molecule has 0 aliphatic carbocycles. The Labute approximate surface area is 161 Å². The first kappa shape index (κ1) is 17.5. The van der Waals surface area contributed by atoms with Gasteiger partial charge in [-0.3, -0.25) is 0 Å². The van der Waals surface area contributed by atoms with E-state index in [1.807, 2.05) is 60.7 Å². The summed E-state index contributed by atoms with van der Waals surface area (Å²) in [6.45, 7) is 0. The van der Waals surface area contributed by atoms with Crippen molar-refractivity contribution in [3.63, 3.8) is 0 Å². The second kappa shape index (κ2) is 8.18. The highest BCUT2D eigenvalue weighted by Gasteiger charge is 2.13. The van der Waals surface area contributed by atoms with Gasteiger partial charge in [0.1, 0.15) is 17.2 Å². The normalized spacial score (nSPS) is 10.9. The number of halogens is 1. The number of rotatable bonds is 5. The molecule has 0 saturated carbocycles. The summed E-state index contributed by atoms with van der Waals surface area (Å²) in [5.41, 5.74) is 6.81. The molecule has 0 atom stereocenters. The molecule has 0 amide bonds. The first-order chi connectivity index (χ1) is 13.8. The first-order valence-corrected chi connectivity index (χ1v) is 8.70. The molecule has 1 N–H and O–H groups in total. The summed E-state index contributed by atoms with van der Waals surface area (Å²) in [6, 6.07) is 25.6. The van der Waals surface area contributed by atoms with E-state index in [9.17, 15) is 4.39 Å². The third-order valence-corrected chi connectivity index (χ3v) is 4.03.